The van der Waals surface area contributed by atoms with Gasteiger partial charge in [-0.15, -0.1) is 0 Å². The number of hydrogen-bond acceptors (Lipinski definition) is 6. The molecule has 0 fully saturated rings. The van der Waals surface area contributed by atoms with Crippen LogP contribution < -0.4 is 4.74 Å². The molecule has 2 aromatic rings. The summed E-state index contributed by atoms with van der Waals surface area (Å²) in [6.45, 7) is 0.825. The van der Waals surface area contributed by atoms with E-state index in [1.165, 1.54) is 11.0 Å². The van der Waals surface area contributed by atoms with E-state index in [1.54, 1.807) is 12.1 Å². The monoisotopic (exact) mass is 389 g/mol. The highest BCUT2D eigenvalue weighted by Gasteiger charge is 2.43. The largest absolute Gasteiger partial charge is 0.508 e. The van der Waals surface area contributed by atoms with Crippen LogP contribution in [0.25, 0.3) is 10.8 Å². The molecule has 2 aromatic carbocycles. The summed E-state index contributed by atoms with van der Waals surface area (Å²) in [5, 5.41) is 11.2. The molecule has 0 radical (unpaired) electrons. The molecule has 2 aliphatic heterocycles. The van der Waals surface area contributed by atoms with E-state index in [0.717, 1.165) is 5.71 Å². The van der Waals surface area contributed by atoms with Crippen LogP contribution >= 0.6 is 0 Å². The highest BCUT2D eigenvalue weighted by molar-refractivity contribution is 6.30. The number of amides is 2. The van der Waals surface area contributed by atoms with Crippen molar-refractivity contribution >= 4 is 34.0 Å². The Morgan fingerprint density at radius 3 is 2.72 bits per heavy atom. The fourth-order valence-corrected chi connectivity index (χ4v) is 3.92. The minimum Gasteiger partial charge on any atom is -0.508 e. The Bertz CT molecular complexity index is 1180. The zero-order valence-corrected chi connectivity index (χ0v) is 16.0. The first kappa shape index (κ1) is 17.6. The van der Waals surface area contributed by atoms with Gasteiger partial charge in [0.15, 0.2) is 11.9 Å². The van der Waals surface area contributed by atoms with Crippen LogP contribution in [0.4, 0.5) is 5.69 Å². The third-order valence-electron chi connectivity index (χ3n) is 5.35. The Hall–Kier alpha value is -3.45. The van der Waals surface area contributed by atoms with Crippen molar-refractivity contribution < 1.29 is 19.4 Å². The molecule has 1 unspecified atom stereocenters. The first-order valence-electron chi connectivity index (χ1n) is 9.39. The van der Waals surface area contributed by atoms with Crippen molar-refractivity contribution in [3.05, 3.63) is 53.6 Å². The zero-order chi connectivity index (χ0) is 20.3. The summed E-state index contributed by atoms with van der Waals surface area (Å²) in [6, 6.07) is 4.76. The van der Waals surface area contributed by atoms with Gasteiger partial charge in [-0.1, -0.05) is 12.2 Å². The molecule has 0 saturated carbocycles. The van der Waals surface area contributed by atoms with Crippen molar-refractivity contribution in [1.29, 1.82) is 0 Å². The Morgan fingerprint density at radius 1 is 1.14 bits per heavy atom. The van der Waals surface area contributed by atoms with Crippen LogP contribution in [0.1, 0.15) is 20.7 Å². The predicted octanol–water partition coefficient (Wildman–Crippen LogP) is 2.66. The number of aliphatic imine (C=N–C) groups is 1. The number of phenolic OH excluding ortho intramolecular Hbond substituents is 1. The highest BCUT2D eigenvalue weighted by atomic mass is 16.5. The van der Waals surface area contributed by atoms with Crippen molar-refractivity contribution in [2.75, 3.05) is 27.2 Å². The van der Waals surface area contributed by atoms with Gasteiger partial charge in [-0.2, -0.15) is 0 Å². The third-order valence-corrected chi connectivity index (χ3v) is 5.35. The first-order chi connectivity index (χ1) is 14.0. The van der Waals surface area contributed by atoms with E-state index in [4.69, 9.17) is 9.73 Å². The lowest BCUT2D eigenvalue weighted by Crippen LogP contribution is -2.36. The van der Waals surface area contributed by atoms with E-state index in [1.807, 2.05) is 43.3 Å². The second kappa shape index (κ2) is 6.28. The average Bonchev–Trinajstić information content (AvgIpc) is 2.95. The molecule has 0 bridgehead atoms. The van der Waals surface area contributed by atoms with Gasteiger partial charge in [-0.25, -0.2) is 4.99 Å². The minimum absolute atomic E-state index is 0.0226. The van der Waals surface area contributed by atoms with Crippen LogP contribution in [0.3, 0.4) is 0 Å². The number of ether oxygens (including phenoxy) is 1. The lowest BCUT2D eigenvalue weighted by molar-refractivity contribution is 0.0644. The van der Waals surface area contributed by atoms with Crippen molar-refractivity contribution in [3.63, 3.8) is 0 Å². The van der Waals surface area contributed by atoms with Crippen LogP contribution in [0.5, 0.6) is 11.5 Å². The summed E-state index contributed by atoms with van der Waals surface area (Å²) >= 11 is 0. The smallest absolute Gasteiger partial charge is 0.265 e. The number of nitrogens with zero attached hydrogens (tertiary/aromatic N) is 3. The van der Waals surface area contributed by atoms with Crippen LogP contribution in [0.15, 0.2) is 47.5 Å². The molecular weight excluding hydrogens is 370 g/mol. The number of carbonyl (C=O) groups excluding carboxylic acids is 2. The van der Waals surface area contributed by atoms with E-state index in [-0.39, 0.29) is 35.2 Å². The molecule has 0 spiro atoms. The maximum Gasteiger partial charge on any atom is 0.265 e. The number of likely N-dealkylation sites (N-methyl/N-ethyl adjacent to an activating group) is 1. The summed E-state index contributed by atoms with van der Waals surface area (Å²) in [4.78, 5) is 34.3. The summed E-state index contributed by atoms with van der Waals surface area (Å²) in [5.41, 5.74) is 1.75. The molecule has 29 heavy (non-hydrogen) atoms. The maximum absolute atomic E-state index is 13.2. The van der Waals surface area contributed by atoms with Crippen molar-refractivity contribution in [2.24, 2.45) is 4.99 Å². The van der Waals surface area contributed by atoms with Gasteiger partial charge in [-0.05, 0) is 44.4 Å². The molecule has 7 heteroatoms. The molecule has 1 aliphatic carbocycles. The number of allylic oxidation sites excluding steroid dienone is 2. The zero-order valence-electron chi connectivity index (χ0n) is 16.0. The van der Waals surface area contributed by atoms with Crippen molar-refractivity contribution in [2.45, 2.75) is 6.10 Å². The number of imide groups is 1. The molecule has 5 rings (SSSR count). The van der Waals surface area contributed by atoms with Crippen LogP contribution in [0.2, 0.25) is 0 Å². The minimum atomic E-state index is -0.398. The molecule has 0 saturated heterocycles. The van der Waals surface area contributed by atoms with Gasteiger partial charge in [0.1, 0.15) is 11.4 Å². The van der Waals surface area contributed by atoms with Gasteiger partial charge in [0.2, 0.25) is 0 Å². The third kappa shape index (κ3) is 2.58. The first-order valence-corrected chi connectivity index (χ1v) is 9.39. The topological polar surface area (TPSA) is 82.4 Å². The fourth-order valence-electron chi connectivity index (χ4n) is 3.92. The molecule has 3 aliphatic rings. The molecule has 1 atom stereocenters. The summed E-state index contributed by atoms with van der Waals surface area (Å²) in [5.74, 6) is -0.406. The van der Waals surface area contributed by atoms with E-state index in [0.29, 0.717) is 28.8 Å². The SMILES string of the molecule is CN(C)CCN1C(=O)c2c3c(c4ccc(O)cc4c2C1=O)N=C1C=CC=CC1O3. The number of rotatable bonds is 3. The number of benzene rings is 2. The van der Waals surface area contributed by atoms with Gasteiger partial charge in [0.25, 0.3) is 11.8 Å². The molecule has 2 heterocycles. The number of fused-ring (bicyclic) bond motifs is 7. The summed E-state index contributed by atoms with van der Waals surface area (Å²) < 4.78 is 6.17. The maximum atomic E-state index is 13.2. The van der Waals surface area contributed by atoms with E-state index in [2.05, 4.69) is 0 Å². The normalized spacial score (nSPS) is 19.3. The van der Waals surface area contributed by atoms with Gasteiger partial charge in [0, 0.05) is 23.9 Å². The van der Waals surface area contributed by atoms with Crippen molar-refractivity contribution in [3.8, 4) is 11.5 Å². The average molecular weight is 389 g/mol. The predicted molar refractivity (Wildman–Crippen MR) is 109 cm³/mol. The van der Waals surface area contributed by atoms with Crippen LogP contribution in [-0.2, 0) is 0 Å². The number of hydrogen-bond donors (Lipinski definition) is 1. The molecule has 2 amide bonds. The Morgan fingerprint density at radius 2 is 1.93 bits per heavy atom. The quantitative estimate of drug-likeness (QED) is 0.816. The number of aromatic hydroxyl groups is 1. The molecular formula is C22H19N3O4. The van der Waals surface area contributed by atoms with Crippen molar-refractivity contribution in [1.82, 2.24) is 9.80 Å². The standard InChI is InChI=1S/C22H19N3O4/c1-24(2)9-10-25-21(27)17-14-11-12(26)7-8-13(14)19-20(18(17)22(25)28)29-16-6-4-3-5-15(16)23-19/h3-8,11,16,26H,9-10H2,1-2H3. The second-order valence-electron chi connectivity index (χ2n) is 7.54. The number of carbonyl (C=O) groups is 2. The summed E-state index contributed by atoms with van der Waals surface area (Å²) in [7, 11) is 3.77. The molecule has 0 aromatic heterocycles. The Kier molecular flexibility index (Phi) is 3.82. The van der Waals surface area contributed by atoms with E-state index >= 15 is 0 Å². The fraction of sp³-hybridized carbons (Fsp3) is 0.227. The summed E-state index contributed by atoms with van der Waals surface area (Å²) in [6.07, 6.45) is 7.07. The lowest BCUT2D eigenvalue weighted by Gasteiger charge is -2.26. The lowest BCUT2D eigenvalue weighted by atomic mass is 9.95. The van der Waals surface area contributed by atoms with Crippen LogP contribution in [-0.4, -0.2) is 65.7 Å². The second-order valence-corrected chi connectivity index (χ2v) is 7.54. The highest BCUT2D eigenvalue weighted by Crippen LogP contribution is 2.48. The van der Waals surface area contributed by atoms with E-state index < -0.39 is 6.10 Å². The molecule has 7 nitrogen and oxygen atoms in total. The van der Waals surface area contributed by atoms with E-state index in [9.17, 15) is 14.7 Å². The Balaban J connectivity index is 1.77. The Labute approximate surface area is 167 Å². The molecule has 146 valence electrons. The van der Waals surface area contributed by atoms with Crippen LogP contribution in [0, 0.1) is 0 Å². The number of phenols is 1. The molecule has 1 N–H and O–H groups in total. The van der Waals surface area contributed by atoms with Gasteiger partial charge in [-0.3, -0.25) is 14.5 Å². The van der Waals surface area contributed by atoms with Gasteiger partial charge >= 0.3 is 0 Å². The van der Waals surface area contributed by atoms with Gasteiger partial charge in [0.05, 0.1) is 16.8 Å². The van der Waals surface area contributed by atoms with Gasteiger partial charge < -0.3 is 14.7 Å².